The topological polar surface area (TPSA) is 52.1 Å². The molecule has 6 nitrogen and oxygen atoms in total. The van der Waals surface area contributed by atoms with E-state index in [0.717, 1.165) is 36.8 Å². The van der Waals surface area contributed by atoms with Crippen molar-refractivity contribution in [3.8, 4) is 5.75 Å². The van der Waals surface area contributed by atoms with Gasteiger partial charge in [0.15, 0.2) is 5.96 Å². The Hall–Kier alpha value is -1.06. The van der Waals surface area contributed by atoms with Crippen molar-refractivity contribution in [3.05, 3.63) is 29.8 Å². The van der Waals surface area contributed by atoms with Gasteiger partial charge in [-0.05, 0) is 51.4 Å². The van der Waals surface area contributed by atoms with Crippen molar-refractivity contribution >= 4 is 29.9 Å². The smallest absolute Gasteiger partial charge is 0.191 e. The second-order valence-corrected chi connectivity index (χ2v) is 7.56. The number of piperazine rings is 1. The van der Waals surface area contributed by atoms with E-state index in [-0.39, 0.29) is 30.1 Å². The molecule has 0 radical (unpaired) electrons. The zero-order valence-corrected chi connectivity index (χ0v) is 20.9. The van der Waals surface area contributed by atoms with Crippen LogP contribution in [0.2, 0.25) is 0 Å². The number of guanidine groups is 1. The monoisotopic (exact) mass is 517 g/mol. The summed E-state index contributed by atoms with van der Waals surface area (Å²) < 4.78 is 6.01. The minimum Gasteiger partial charge on any atom is -0.489 e. The van der Waals surface area contributed by atoms with Crippen LogP contribution in [-0.4, -0.2) is 81.3 Å². The number of ether oxygens (including phenoxy) is 1. The van der Waals surface area contributed by atoms with Crippen molar-refractivity contribution in [2.75, 3.05) is 59.4 Å². The van der Waals surface area contributed by atoms with Crippen LogP contribution in [0.25, 0.3) is 0 Å². The van der Waals surface area contributed by atoms with Gasteiger partial charge >= 0.3 is 0 Å². The molecule has 0 bridgehead atoms. The highest BCUT2D eigenvalue weighted by molar-refractivity contribution is 14.0. The van der Waals surface area contributed by atoms with Gasteiger partial charge in [-0.3, -0.25) is 4.99 Å². The number of aryl methyl sites for hydroxylation is 1. The van der Waals surface area contributed by atoms with Gasteiger partial charge in [-0.1, -0.05) is 25.1 Å². The standard InChI is InChI=1S/C22H39N5O.HI/c1-5-26-14-16-27(17-15-26)13-9-8-12-24-22(23-4)25-18-20(3)28-21-11-7-6-10-19(21)2;/h6-7,10-11,20H,5,8-9,12-18H2,1-4H3,(H2,23,24,25);1H. The maximum atomic E-state index is 6.01. The Labute approximate surface area is 194 Å². The Bertz CT molecular complexity index is 590. The van der Waals surface area contributed by atoms with E-state index < -0.39 is 0 Å². The highest BCUT2D eigenvalue weighted by Crippen LogP contribution is 2.17. The predicted molar refractivity (Wildman–Crippen MR) is 134 cm³/mol. The molecule has 1 aliphatic rings. The molecule has 7 heteroatoms. The normalized spacial score (nSPS) is 16.8. The lowest BCUT2D eigenvalue weighted by Gasteiger charge is -2.34. The van der Waals surface area contributed by atoms with Gasteiger partial charge in [-0.2, -0.15) is 0 Å². The highest BCUT2D eigenvalue weighted by atomic mass is 127. The molecule has 0 spiro atoms. The Kier molecular flexibility index (Phi) is 13.3. The number of nitrogens with zero attached hydrogens (tertiary/aromatic N) is 3. The van der Waals surface area contributed by atoms with E-state index in [0.29, 0.717) is 0 Å². The number of hydrogen-bond donors (Lipinski definition) is 2. The molecule has 1 aromatic carbocycles. The van der Waals surface area contributed by atoms with Crippen molar-refractivity contribution in [3.63, 3.8) is 0 Å². The first-order valence-electron chi connectivity index (χ1n) is 10.7. The van der Waals surface area contributed by atoms with Gasteiger partial charge in [0.25, 0.3) is 0 Å². The van der Waals surface area contributed by atoms with Crippen LogP contribution >= 0.6 is 24.0 Å². The average molecular weight is 518 g/mol. The number of benzene rings is 1. The van der Waals surface area contributed by atoms with Crippen LogP contribution < -0.4 is 15.4 Å². The number of aliphatic imine (C=N–C) groups is 1. The Morgan fingerprint density at radius 1 is 1.10 bits per heavy atom. The maximum absolute atomic E-state index is 6.01. The summed E-state index contributed by atoms with van der Waals surface area (Å²) in [7, 11) is 1.81. The van der Waals surface area contributed by atoms with Crippen LogP contribution in [-0.2, 0) is 0 Å². The first kappa shape index (κ1) is 26.0. The van der Waals surface area contributed by atoms with Gasteiger partial charge in [0.05, 0.1) is 6.54 Å². The molecule has 2 N–H and O–H groups in total. The lowest BCUT2D eigenvalue weighted by Crippen LogP contribution is -2.46. The third-order valence-electron chi connectivity index (χ3n) is 5.31. The fourth-order valence-electron chi connectivity index (χ4n) is 3.40. The minimum atomic E-state index is 0. The maximum Gasteiger partial charge on any atom is 0.191 e. The highest BCUT2D eigenvalue weighted by Gasteiger charge is 2.14. The van der Waals surface area contributed by atoms with Crippen molar-refractivity contribution < 1.29 is 4.74 Å². The molecule has 0 aromatic heterocycles. The summed E-state index contributed by atoms with van der Waals surface area (Å²) in [6, 6.07) is 8.12. The van der Waals surface area contributed by atoms with Crippen LogP contribution in [0.15, 0.2) is 29.3 Å². The zero-order chi connectivity index (χ0) is 20.2. The number of nitrogens with one attached hydrogen (secondary N) is 2. The van der Waals surface area contributed by atoms with Gasteiger partial charge in [0.2, 0.25) is 0 Å². The summed E-state index contributed by atoms with van der Waals surface area (Å²) in [6.45, 7) is 15.3. The summed E-state index contributed by atoms with van der Waals surface area (Å²) in [5, 5.41) is 6.77. The van der Waals surface area contributed by atoms with Gasteiger partial charge in [-0.25, -0.2) is 0 Å². The third-order valence-corrected chi connectivity index (χ3v) is 5.31. The van der Waals surface area contributed by atoms with Gasteiger partial charge < -0.3 is 25.2 Å². The van der Waals surface area contributed by atoms with Gasteiger partial charge in [0, 0.05) is 39.8 Å². The van der Waals surface area contributed by atoms with E-state index in [2.05, 4.69) is 52.3 Å². The summed E-state index contributed by atoms with van der Waals surface area (Å²) in [6.07, 6.45) is 2.45. The molecule has 1 aromatic rings. The van der Waals surface area contributed by atoms with Crippen LogP contribution in [0, 0.1) is 6.92 Å². The van der Waals surface area contributed by atoms with E-state index in [1.807, 2.05) is 25.2 Å². The van der Waals surface area contributed by atoms with Crippen LogP contribution in [0.3, 0.4) is 0 Å². The lowest BCUT2D eigenvalue weighted by atomic mass is 10.2. The molecule has 1 atom stereocenters. The van der Waals surface area contributed by atoms with Crippen LogP contribution in [0.5, 0.6) is 5.75 Å². The molecule has 1 saturated heterocycles. The lowest BCUT2D eigenvalue weighted by molar-refractivity contribution is 0.136. The van der Waals surface area contributed by atoms with Crippen LogP contribution in [0.4, 0.5) is 0 Å². The fourth-order valence-corrected chi connectivity index (χ4v) is 3.40. The van der Waals surface area contributed by atoms with Crippen molar-refractivity contribution in [2.24, 2.45) is 4.99 Å². The number of unbranched alkanes of at least 4 members (excludes halogenated alkanes) is 1. The van der Waals surface area contributed by atoms with Gasteiger partial charge in [0.1, 0.15) is 11.9 Å². The molecule has 0 amide bonds. The van der Waals surface area contributed by atoms with E-state index in [4.69, 9.17) is 4.74 Å². The molecule has 0 aliphatic carbocycles. The first-order valence-corrected chi connectivity index (χ1v) is 10.7. The summed E-state index contributed by atoms with van der Waals surface area (Å²) in [4.78, 5) is 9.43. The molecular formula is C22H40IN5O. The van der Waals surface area contributed by atoms with Crippen molar-refractivity contribution in [1.29, 1.82) is 0 Å². The summed E-state index contributed by atoms with van der Waals surface area (Å²) in [5.74, 6) is 1.79. The Morgan fingerprint density at radius 3 is 2.45 bits per heavy atom. The number of rotatable bonds is 10. The van der Waals surface area contributed by atoms with Crippen molar-refractivity contribution in [1.82, 2.24) is 20.4 Å². The van der Waals surface area contributed by atoms with E-state index in [1.165, 1.54) is 45.7 Å². The second-order valence-electron chi connectivity index (χ2n) is 7.56. The molecular weight excluding hydrogens is 477 g/mol. The molecule has 1 aliphatic heterocycles. The SMILES string of the molecule is CCN1CCN(CCCCNC(=NC)NCC(C)Oc2ccccc2C)CC1.I. The molecule has 1 heterocycles. The van der Waals surface area contributed by atoms with Gasteiger partial charge in [-0.15, -0.1) is 24.0 Å². The number of halogens is 1. The second kappa shape index (κ2) is 14.8. The van der Waals surface area contributed by atoms with Crippen molar-refractivity contribution in [2.45, 2.75) is 39.7 Å². The van der Waals surface area contributed by atoms with E-state index >= 15 is 0 Å². The average Bonchev–Trinajstić information content (AvgIpc) is 2.72. The largest absolute Gasteiger partial charge is 0.489 e. The summed E-state index contributed by atoms with van der Waals surface area (Å²) >= 11 is 0. The fraction of sp³-hybridized carbons (Fsp3) is 0.682. The predicted octanol–water partition coefficient (Wildman–Crippen LogP) is 2.96. The molecule has 0 saturated carbocycles. The first-order chi connectivity index (χ1) is 13.6. The number of likely N-dealkylation sites (N-methyl/N-ethyl adjacent to an activating group) is 1. The minimum absolute atomic E-state index is 0. The molecule has 1 unspecified atom stereocenters. The van der Waals surface area contributed by atoms with E-state index in [9.17, 15) is 0 Å². The quantitative estimate of drug-likeness (QED) is 0.216. The molecule has 2 rings (SSSR count). The Balaban J connectivity index is 0.00000420. The third kappa shape index (κ3) is 10.00. The number of hydrogen-bond acceptors (Lipinski definition) is 4. The summed E-state index contributed by atoms with van der Waals surface area (Å²) in [5.41, 5.74) is 1.16. The van der Waals surface area contributed by atoms with E-state index in [1.54, 1.807) is 0 Å². The molecule has 1 fully saturated rings. The number of para-hydroxylation sites is 1. The zero-order valence-electron chi connectivity index (χ0n) is 18.6. The Morgan fingerprint density at radius 2 is 1.79 bits per heavy atom. The molecule has 166 valence electrons. The molecule has 29 heavy (non-hydrogen) atoms. The van der Waals surface area contributed by atoms with Crippen LogP contribution in [0.1, 0.15) is 32.3 Å².